The summed E-state index contributed by atoms with van der Waals surface area (Å²) in [6.07, 6.45) is 6.01. The van der Waals surface area contributed by atoms with Gasteiger partial charge in [-0.3, -0.25) is 4.90 Å². The van der Waals surface area contributed by atoms with Crippen molar-refractivity contribution in [2.24, 2.45) is 0 Å². The van der Waals surface area contributed by atoms with Gasteiger partial charge < -0.3 is 4.74 Å². The van der Waals surface area contributed by atoms with Crippen molar-refractivity contribution in [1.82, 2.24) is 24.5 Å². The van der Waals surface area contributed by atoms with Crippen LogP contribution in [0.2, 0.25) is 0 Å². The van der Waals surface area contributed by atoms with E-state index in [4.69, 9.17) is 19.8 Å². The molecule has 3 aromatic heterocycles. The van der Waals surface area contributed by atoms with Gasteiger partial charge in [-0.25, -0.2) is 9.97 Å². The maximum absolute atomic E-state index is 6.03. The third-order valence-electron chi connectivity index (χ3n) is 6.28. The van der Waals surface area contributed by atoms with E-state index in [0.29, 0.717) is 12.6 Å². The highest BCUT2D eigenvalue weighted by Gasteiger charge is 2.31. The summed E-state index contributed by atoms with van der Waals surface area (Å²) in [4.78, 5) is 14.8. The Bertz CT molecular complexity index is 1040. The van der Waals surface area contributed by atoms with Crippen molar-refractivity contribution in [3.8, 4) is 0 Å². The number of thiophene rings is 1. The molecule has 2 aliphatic rings. The van der Waals surface area contributed by atoms with Crippen molar-refractivity contribution in [3.63, 3.8) is 0 Å². The second kappa shape index (κ2) is 6.75. The summed E-state index contributed by atoms with van der Waals surface area (Å²) in [5, 5.41) is 6.05. The maximum atomic E-state index is 6.03. The molecule has 0 amide bonds. The Morgan fingerprint density at radius 3 is 2.93 bits per heavy atom. The number of aryl methyl sites for hydroxylation is 1. The van der Waals surface area contributed by atoms with E-state index in [2.05, 4.69) is 25.7 Å². The second-order valence-corrected chi connectivity index (χ2v) is 9.94. The van der Waals surface area contributed by atoms with Gasteiger partial charge in [-0.2, -0.15) is 4.52 Å². The largest absolute Gasteiger partial charge is 0.370 e. The first-order valence-electron chi connectivity index (χ1n) is 10.5. The number of ether oxygens (including phenoxy) is 1. The molecule has 28 heavy (non-hydrogen) atoms. The molecule has 0 spiro atoms. The average molecular weight is 400 g/mol. The van der Waals surface area contributed by atoms with Gasteiger partial charge in [0.15, 0.2) is 11.5 Å². The predicted molar refractivity (Wildman–Crippen MR) is 112 cm³/mol. The molecule has 1 atom stereocenters. The minimum Gasteiger partial charge on any atom is -0.370 e. The van der Waals surface area contributed by atoms with Crippen molar-refractivity contribution in [2.45, 2.75) is 84.6 Å². The Morgan fingerprint density at radius 2 is 2.11 bits per heavy atom. The van der Waals surface area contributed by atoms with Crippen LogP contribution in [0.1, 0.15) is 68.5 Å². The van der Waals surface area contributed by atoms with E-state index in [1.54, 1.807) is 11.3 Å². The molecule has 1 saturated heterocycles. The van der Waals surface area contributed by atoms with Crippen molar-refractivity contribution in [3.05, 3.63) is 22.1 Å². The fourth-order valence-electron chi connectivity index (χ4n) is 4.76. The third kappa shape index (κ3) is 3.04. The van der Waals surface area contributed by atoms with Gasteiger partial charge in [-0.15, -0.1) is 16.4 Å². The SMILES string of the molecule is CC[C@H]1CCCCN1Cc1nc2c3c4c(sc3nc(C)n2n1)COC(C)(C)C4. The monoisotopic (exact) mass is 399 g/mol. The summed E-state index contributed by atoms with van der Waals surface area (Å²) < 4.78 is 7.98. The number of hydrogen-bond acceptors (Lipinski definition) is 6. The van der Waals surface area contributed by atoms with Crippen LogP contribution in [0.5, 0.6) is 0 Å². The zero-order chi connectivity index (χ0) is 19.5. The van der Waals surface area contributed by atoms with Crippen LogP contribution in [0.4, 0.5) is 0 Å². The molecule has 0 bridgehead atoms. The maximum Gasteiger partial charge on any atom is 0.168 e. The van der Waals surface area contributed by atoms with Crippen LogP contribution in [-0.2, 0) is 24.3 Å². The number of piperidine rings is 1. The summed E-state index contributed by atoms with van der Waals surface area (Å²) in [5.74, 6) is 1.83. The highest BCUT2D eigenvalue weighted by atomic mass is 32.1. The number of fused-ring (bicyclic) bond motifs is 5. The highest BCUT2D eigenvalue weighted by Crippen LogP contribution is 2.39. The van der Waals surface area contributed by atoms with E-state index >= 15 is 0 Å². The molecular weight excluding hydrogens is 370 g/mol. The predicted octanol–water partition coefficient (Wildman–Crippen LogP) is 4.26. The molecule has 2 aliphatic heterocycles. The first kappa shape index (κ1) is 18.5. The van der Waals surface area contributed by atoms with Gasteiger partial charge in [-0.05, 0) is 52.1 Å². The van der Waals surface area contributed by atoms with Crippen molar-refractivity contribution in [2.75, 3.05) is 6.54 Å². The lowest BCUT2D eigenvalue weighted by Crippen LogP contribution is -2.38. The van der Waals surface area contributed by atoms with Gasteiger partial charge in [0.2, 0.25) is 0 Å². The Balaban J connectivity index is 1.60. The molecule has 1 fully saturated rings. The smallest absolute Gasteiger partial charge is 0.168 e. The highest BCUT2D eigenvalue weighted by molar-refractivity contribution is 7.19. The zero-order valence-corrected chi connectivity index (χ0v) is 18.1. The molecular formula is C21H29N5OS. The van der Waals surface area contributed by atoms with Crippen LogP contribution in [0.25, 0.3) is 15.9 Å². The molecule has 0 unspecified atom stereocenters. The van der Waals surface area contributed by atoms with Crippen molar-refractivity contribution in [1.29, 1.82) is 0 Å². The van der Waals surface area contributed by atoms with Crippen LogP contribution in [-0.4, -0.2) is 42.7 Å². The van der Waals surface area contributed by atoms with Gasteiger partial charge in [0.25, 0.3) is 0 Å². The minimum atomic E-state index is -0.145. The van der Waals surface area contributed by atoms with Crippen LogP contribution in [0.15, 0.2) is 0 Å². The Morgan fingerprint density at radius 1 is 1.25 bits per heavy atom. The molecule has 0 N–H and O–H groups in total. The van der Waals surface area contributed by atoms with Crippen LogP contribution >= 0.6 is 11.3 Å². The normalized spacial score (nSPS) is 22.8. The van der Waals surface area contributed by atoms with E-state index in [1.165, 1.54) is 41.5 Å². The van der Waals surface area contributed by atoms with E-state index in [-0.39, 0.29) is 5.60 Å². The van der Waals surface area contributed by atoms with Gasteiger partial charge in [0.05, 0.1) is 24.1 Å². The van der Waals surface area contributed by atoms with Crippen LogP contribution in [0, 0.1) is 6.92 Å². The lowest BCUT2D eigenvalue weighted by molar-refractivity contribution is -0.0379. The number of likely N-dealkylation sites (tertiary alicyclic amines) is 1. The van der Waals surface area contributed by atoms with Crippen molar-refractivity contribution < 1.29 is 4.74 Å². The minimum absolute atomic E-state index is 0.145. The topological polar surface area (TPSA) is 55.6 Å². The van der Waals surface area contributed by atoms with Gasteiger partial charge in [0, 0.05) is 17.3 Å². The first-order chi connectivity index (χ1) is 13.4. The molecule has 0 aromatic carbocycles. The van der Waals surface area contributed by atoms with Gasteiger partial charge in [0.1, 0.15) is 10.7 Å². The number of hydrogen-bond donors (Lipinski definition) is 0. The standard InChI is InChI=1S/C21H29N5OS/c1-5-14-8-6-7-9-25(14)11-17-23-19-18-15-10-21(3,4)27-12-16(15)28-20(18)22-13(2)26(19)24-17/h14H,5-12H2,1-4H3/t14-/m0/s1. The molecule has 150 valence electrons. The fraction of sp³-hybridized carbons (Fsp3) is 0.667. The first-order valence-corrected chi connectivity index (χ1v) is 11.3. The molecule has 6 nitrogen and oxygen atoms in total. The van der Waals surface area contributed by atoms with E-state index in [9.17, 15) is 0 Å². The summed E-state index contributed by atoms with van der Waals surface area (Å²) >= 11 is 1.75. The van der Waals surface area contributed by atoms with Gasteiger partial charge in [-0.1, -0.05) is 13.3 Å². The lowest BCUT2D eigenvalue weighted by atomic mass is 9.94. The molecule has 0 radical (unpaired) electrons. The molecule has 0 aliphatic carbocycles. The Kier molecular flexibility index (Phi) is 4.45. The molecule has 5 rings (SSSR count). The summed E-state index contributed by atoms with van der Waals surface area (Å²) in [7, 11) is 0. The third-order valence-corrected chi connectivity index (χ3v) is 7.38. The Hall–Kier alpha value is -1.57. The zero-order valence-electron chi connectivity index (χ0n) is 17.3. The molecule has 5 heterocycles. The fourth-order valence-corrected chi connectivity index (χ4v) is 5.91. The van der Waals surface area contributed by atoms with E-state index < -0.39 is 0 Å². The lowest BCUT2D eigenvalue weighted by Gasteiger charge is -2.34. The number of nitrogens with zero attached hydrogens (tertiary/aromatic N) is 5. The van der Waals surface area contributed by atoms with E-state index in [0.717, 1.165) is 41.6 Å². The quantitative estimate of drug-likeness (QED) is 0.658. The summed E-state index contributed by atoms with van der Waals surface area (Å²) in [5.41, 5.74) is 2.18. The summed E-state index contributed by atoms with van der Waals surface area (Å²) in [6, 6.07) is 0.659. The molecule has 0 saturated carbocycles. The second-order valence-electron chi connectivity index (χ2n) is 8.86. The van der Waals surface area contributed by atoms with Crippen LogP contribution in [0.3, 0.4) is 0 Å². The Labute approximate surface area is 169 Å². The van der Waals surface area contributed by atoms with Gasteiger partial charge >= 0.3 is 0 Å². The molecule has 3 aromatic rings. The summed E-state index contributed by atoms with van der Waals surface area (Å²) in [6.45, 7) is 11.3. The van der Waals surface area contributed by atoms with Crippen molar-refractivity contribution >= 4 is 27.2 Å². The number of aromatic nitrogens is 4. The van der Waals surface area contributed by atoms with E-state index in [1.807, 2.05) is 11.4 Å². The average Bonchev–Trinajstić information content (AvgIpc) is 3.22. The molecule has 7 heteroatoms. The van der Waals surface area contributed by atoms with Crippen LogP contribution < -0.4 is 0 Å². The number of rotatable bonds is 3.